The molecule has 0 aliphatic carbocycles. The lowest BCUT2D eigenvalue weighted by atomic mass is 10.2. The predicted octanol–water partition coefficient (Wildman–Crippen LogP) is 0.814. The number of thioether (sulfide) groups is 1. The fourth-order valence-electron chi connectivity index (χ4n) is 2.18. The van der Waals surface area contributed by atoms with E-state index in [4.69, 9.17) is 25.3 Å². The lowest BCUT2D eigenvalue weighted by molar-refractivity contribution is -0.00892. The maximum Gasteiger partial charge on any atom is 0.472 e. The van der Waals surface area contributed by atoms with Gasteiger partial charge in [0.25, 0.3) is 0 Å². The topological polar surface area (TPSA) is 152 Å². The Hall–Kier alpha value is -1.01. The summed E-state index contributed by atoms with van der Waals surface area (Å²) in [6.07, 6.45) is 1.61. The van der Waals surface area contributed by atoms with E-state index < -0.39 is 36.8 Å². The Balaban J connectivity index is 1.85. The van der Waals surface area contributed by atoms with Crippen molar-refractivity contribution in [3.8, 4) is 0 Å². The number of nitrogens with two attached hydrogens (primary N) is 2. The fourth-order valence-corrected chi connectivity index (χ4v) is 4.05. The second-order valence-corrected chi connectivity index (χ2v) is 8.27. The van der Waals surface area contributed by atoms with E-state index in [0.717, 1.165) is 17.2 Å². The van der Waals surface area contributed by atoms with Gasteiger partial charge >= 0.3 is 13.5 Å². The average Bonchev–Trinajstić information content (AvgIpc) is 3.04. The molecule has 1 aliphatic heterocycles. The van der Waals surface area contributed by atoms with E-state index in [1.807, 2.05) is 6.92 Å². The van der Waals surface area contributed by atoms with Crippen LogP contribution in [0.4, 0.5) is 10.2 Å². The largest absolute Gasteiger partial charge is 0.472 e. The van der Waals surface area contributed by atoms with E-state index >= 15 is 0 Å². The van der Waals surface area contributed by atoms with Crippen molar-refractivity contribution in [1.82, 2.24) is 9.55 Å². The maximum absolute atomic E-state index is 13.5. The molecule has 5 N–H and O–H groups in total. The van der Waals surface area contributed by atoms with Crippen molar-refractivity contribution in [2.24, 2.45) is 5.73 Å². The van der Waals surface area contributed by atoms with Crippen molar-refractivity contribution in [3.05, 3.63) is 22.5 Å². The Bertz CT molecular complexity index is 722. The Kier molecular flexibility index (Phi) is 7.59. The lowest BCUT2D eigenvalue weighted by Crippen LogP contribution is -2.30. The van der Waals surface area contributed by atoms with Gasteiger partial charge in [0.2, 0.25) is 0 Å². The van der Waals surface area contributed by atoms with Crippen LogP contribution in [0, 0.1) is 5.82 Å². The van der Waals surface area contributed by atoms with E-state index in [0.29, 0.717) is 12.2 Å². The summed E-state index contributed by atoms with van der Waals surface area (Å²) in [6, 6.07) is -0.356. The highest BCUT2D eigenvalue weighted by Crippen LogP contribution is 2.45. The summed E-state index contributed by atoms with van der Waals surface area (Å²) in [5.41, 5.74) is 9.55. The van der Waals surface area contributed by atoms with Crippen molar-refractivity contribution < 1.29 is 27.6 Å². The molecule has 13 heteroatoms. The molecule has 2 rings (SSSR count). The van der Waals surface area contributed by atoms with Crippen molar-refractivity contribution in [3.63, 3.8) is 0 Å². The molecule has 0 aromatic carbocycles. The van der Waals surface area contributed by atoms with Gasteiger partial charge in [0.15, 0.2) is 11.6 Å². The number of halogens is 1. The van der Waals surface area contributed by atoms with E-state index in [9.17, 15) is 18.6 Å². The first-order valence-corrected chi connectivity index (χ1v) is 10.4. The van der Waals surface area contributed by atoms with Crippen LogP contribution in [0.3, 0.4) is 0 Å². The minimum Gasteiger partial charge on any atom is -0.381 e. The second-order valence-electron chi connectivity index (χ2n) is 5.63. The van der Waals surface area contributed by atoms with Crippen LogP contribution in [0.1, 0.15) is 26.0 Å². The zero-order chi connectivity index (χ0) is 19.3. The van der Waals surface area contributed by atoms with Crippen LogP contribution in [-0.2, 0) is 18.3 Å². The van der Waals surface area contributed by atoms with Crippen LogP contribution < -0.4 is 17.2 Å². The summed E-state index contributed by atoms with van der Waals surface area (Å²) in [6.45, 7) is 1.58. The third kappa shape index (κ3) is 6.02. The van der Waals surface area contributed by atoms with Crippen LogP contribution >= 0.6 is 19.6 Å². The van der Waals surface area contributed by atoms with Gasteiger partial charge in [0, 0.05) is 11.8 Å². The Morgan fingerprint density at radius 3 is 3.04 bits per heavy atom. The van der Waals surface area contributed by atoms with Gasteiger partial charge in [-0.05, 0) is 6.42 Å². The van der Waals surface area contributed by atoms with Crippen molar-refractivity contribution in [2.45, 2.75) is 37.5 Å². The molecule has 1 aromatic heterocycles. The quantitative estimate of drug-likeness (QED) is 0.497. The number of phosphoric acid groups is 1. The number of ether oxygens (including phenoxy) is 1. The molecule has 2 heterocycles. The summed E-state index contributed by atoms with van der Waals surface area (Å²) < 4.78 is 41.5. The minimum absolute atomic E-state index is 0.102. The number of hydrogen-bond acceptors (Lipinski definition) is 9. The highest BCUT2D eigenvalue weighted by Gasteiger charge is 2.32. The number of phosphoric ester groups is 1. The van der Waals surface area contributed by atoms with Crippen molar-refractivity contribution in [1.29, 1.82) is 0 Å². The molecule has 10 nitrogen and oxygen atoms in total. The zero-order valence-electron chi connectivity index (χ0n) is 14.1. The fraction of sp³-hybridized carbons (Fsp3) is 0.692. The Morgan fingerprint density at radius 1 is 1.62 bits per heavy atom. The molecule has 148 valence electrons. The Labute approximate surface area is 153 Å². The highest BCUT2D eigenvalue weighted by atomic mass is 32.2. The van der Waals surface area contributed by atoms with Crippen LogP contribution in [0.15, 0.2) is 11.0 Å². The summed E-state index contributed by atoms with van der Waals surface area (Å²) >= 11 is 1.24. The average molecular weight is 412 g/mol. The molecule has 0 bridgehead atoms. The van der Waals surface area contributed by atoms with Crippen LogP contribution in [0.2, 0.25) is 0 Å². The Morgan fingerprint density at radius 2 is 2.35 bits per heavy atom. The van der Waals surface area contributed by atoms with E-state index in [-0.39, 0.29) is 19.3 Å². The molecule has 4 atom stereocenters. The van der Waals surface area contributed by atoms with Gasteiger partial charge in [-0.1, -0.05) is 13.3 Å². The number of rotatable bonds is 9. The van der Waals surface area contributed by atoms with E-state index in [1.165, 1.54) is 11.8 Å². The van der Waals surface area contributed by atoms with Gasteiger partial charge in [0.1, 0.15) is 11.7 Å². The number of nitrogens with zero attached hydrogens (tertiary/aromatic N) is 2. The molecule has 1 aliphatic rings. The number of anilines is 1. The first-order chi connectivity index (χ1) is 12.2. The molecule has 1 aromatic rings. The normalized spacial score (nSPS) is 23.7. The smallest absolute Gasteiger partial charge is 0.381 e. The zero-order valence-corrected chi connectivity index (χ0v) is 15.8. The molecule has 4 unspecified atom stereocenters. The third-order valence-corrected chi connectivity index (χ3v) is 5.51. The molecule has 1 saturated heterocycles. The van der Waals surface area contributed by atoms with Gasteiger partial charge < -0.3 is 21.1 Å². The van der Waals surface area contributed by atoms with Gasteiger partial charge in [-0.2, -0.15) is 4.98 Å². The monoisotopic (exact) mass is 412 g/mol. The molecule has 26 heavy (non-hydrogen) atoms. The predicted molar refractivity (Wildman–Crippen MR) is 93.8 cm³/mol. The SMILES string of the molecule is CCCC(N)COP(=O)(O)OCC1OC(n2cc(F)c(N)nc2=O)CS1. The van der Waals surface area contributed by atoms with Crippen LogP contribution in [0.5, 0.6) is 0 Å². The molecule has 0 radical (unpaired) electrons. The summed E-state index contributed by atoms with van der Waals surface area (Å²) in [5, 5.41) is 0. The summed E-state index contributed by atoms with van der Waals surface area (Å²) in [4.78, 5) is 24.8. The van der Waals surface area contributed by atoms with Gasteiger partial charge in [-0.25, -0.2) is 13.8 Å². The van der Waals surface area contributed by atoms with E-state index in [2.05, 4.69) is 4.98 Å². The standard InChI is InChI=1S/C13H22FN4O6PS/c1-2-3-8(15)5-22-25(20,21)23-6-11-24-10(7-26-11)18-4-9(14)12(16)17-13(18)19/h4,8,10-11H,2-3,5-7,15H2,1H3,(H,20,21)(H2,16,17,19). The maximum atomic E-state index is 13.5. The molecule has 0 saturated carbocycles. The molecule has 1 fully saturated rings. The third-order valence-electron chi connectivity index (χ3n) is 3.46. The van der Waals surface area contributed by atoms with Gasteiger partial charge in [0.05, 0.1) is 19.4 Å². The summed E-state index contributed by atoms with van der Waals surface area (Å²) in [7, 11) is -4.27. The number of hydrogen-bond donors (Lipinski definition) is 3. The molecular formula is C13H22FN4O6PS. The first-order valence-electron chi connectivity index (χ1n) is 7.90. The van der Waals surface area contributed by atoms with Crippen molar-refractivity contribution >= 4 is 25.4 Å². The van der Waals surface area contributed by atoms with E-state index in [1.54, 1.807) is 0 Å². The number of aromatic nitrogens is 2. The highest BCUT2D eigenvalue weighted by molar-refractivity contribution is 8.00. The second kappa shape index (κ2) is 9.27. The van der Waals surface area contributed by atoms with Crippen molar-refractivity contribution in [2.75, 3.05) is 24.7 Å². The van der Waals surface area contributed by atoms with Crippen LogP contribution in [-0.4, -0.2) is 44.9 Å². The van der Waals surface area contributed by atoms with Gasteiger partial charge in [-0.15, -0.1) is 11.8 Å². The molecule has 0 amide bonds. The molecular weight excluding hydrogens is 390 g/mol. The van der Waals surface area contributed by atoms with Gasteiger partial charge in [-0.3, -0.25) is 13.6 Å². The number of nitrogen functional groups attached to an aromatic ring is 1. The minimum atomic E-state index is -4.27. The summed E-state index contributed by atoms with van der Waals surface area (Å²) in [5.74, 6) is -1.03. The van der Waals surface area contributed by atoms with Crippen LogP contribution in [0.25, 0.3) is 0 Å². The lowest BCUT2D eigenvalue weighted by Gasteiger charge is -2.18. The molecule has 0 spiro atoms. The first kappa shape index (κ1) is 21.3.